The van der Waals surface area contributed by atoms with Crippen LogP contribution < -0.4 is 10.1 Å². The Hall–Kier alpha value is -2.84. The number of carbonyl (C=O) groups excluding carboxylic acids is 2. The number of aromatic hydroxyl groups is 1. The van der Waals surface area contributed by atoms with Gasteiger partial charge in [-0.2, -0.15) is 0 Å². The number of para-hydroxylation sites is 1. The summed E-state index contributed by atoms with van der Waals surface area (Å²) in [6, 6.07) is 13.6. The van der Waals surface area contributed by atoms with E-state index in [2.05, 4.69) is 5.32 Å². The molecular weight excluding hydrogens is 384 g/mol. The molecule has 0 atom stereocenters. The number of amides is 2. The predicted octanol–water partition coefficient (Wildman–Crippen LogP) is 3.24. The van der Waals surface area contributed by atoms with Gasteiger partial charge in [0.05, 0.1) is 12.0 Å². The third-order valence-corrected chi connectivity index (χ3v) is 5.15. The van der Waals surface area contributed by atoms with Crippen molar-refractivity contribution in [1.29, 1.82) is 0 Å². The molecule has 0 spiro atoms. The lowest BCUT2D eigenvalue weighted by atomic mass is 10.2. The number of methoxy groups -OCH3 is 1. The number of rotatable bonds is 5. The molecule has 2 aromatic rings. The van der Waals surface area contributed by atoms with E-state index < -0.39 is 0 Å². The Labute approximate surface area is 165 Å². The second-order valence-corrected chi connectivity index (χ2v) is 7.28. The Balaban J connectivity index is 1.68. The number of phenols is 1. The first kappa shape index (κ1) is 18.9. The first-order chi connectivity index (χ1) is 13.0. The highest BCUT2D eigenvalue weighted by Gasteiger charge is 2.33. The van der Waals surface area contributed by atoms with Crippen LogP contribution >= 0.6 is 24.0 Å². The molecule has 138 valence electrons. The van der Waals surface area contributed by atoms with E-state index in [0.717, 1.165) is 11.8 Å². The van der Waals surface area contributed by atoms with Crippen LogP contribution in [0.4, 0.5) is 5.69 Å². The molecule has 0 saturated carbocycles. The number of hydrogen-bond donors (Lipinski definition) is 2. The fourth-order valence-corrected chi connectivity index (χ4v) is 3.65. The maximum atomic E-state index is 12.6. The molecule has 2 N–H and O–H groups in total. The van der Waals surface area contributed by atoms with E-state index in [0.29, 0.717) is 26.2 Å². The predicted molar refractivity (Wildman–Crippen MR) is 110 cm³/mol. The maximum absolute atomic E-state index is 12.6. The third kappa shape index (κ3) is 4.47. The minimum absolute atomic E-state index is 0.0695. The zero-order valence-corrected chi connectivity index (χ0v) is 16.0. The molecule has 0 aliphatic carbocycles. The molecule has 8 heteroatoms. The number of hydrogen-bond acceptors (Lipinski definition) is 6. The molecule has 3 rings (SSSR count). The van der Waals surface area contributed by atoms with Crippen LogP contribution in [-0.4, -0.2) is 39.8 Å². The molecule has 0 radical (unpaired) electrons. The number of carbonyl (C=O) groups is 2. The Morgan fingerprint density at radius 1 is 1.26 bits per heavy atom. The molecule has 1 heterocycles. The number of phenolic OH excluding ortho intramolecular Hbond substituents is 1. The fourth-order valence-electron chi connectivity index (χ4n) is 2.41. The van der Waals surface area contributed by atoms with Crippen molar-refractivity contribution in [2.24, 2.45) is 0 Å². The number of anilines is 1. The van der Waals surface area contributed by atoms with Gasteiger partial charge in [-0.1, -0.05) is 42.2 Å². The van der Waals surface area contributed by atoms with Crippen molar-refractivity contribution in [3.05, 3.63) is 59.0 Å². The van der Waals surface area contributed by atoms with Gasteiger partial charge in [0.1, 0.15) is 22.4 Å². The van der Waals surface area contributed by atoms with Crippen LogP contribution in [0.3, 0.4) is 0 Å². The van der Waals surface area contributed by atoms with E-state index in [4.69, 9.17) is 17.0 Å². The van der Waals surface area contributed by atoms with Crippen LogP contribution in [0, 0.1) is 0 Å². The first-order valence-corrected chi connectivity index (χ1v) is 9.17. The van der Waals surface area contributed by atoms with Gasteiger partial charge in [-0.05, 0) is 36.4 Å². The molecule has 2 aromatic carbocycles. The Kier molecular flexibility index (Phi) is 5.78. The number of ether oxygens (including phenoxy) is 1. The molecule has 27 heavy (non-hydrogen) atoms. The van der Waals surface area contributed by atoms with E-state index in [1.54, 1.807) is 55.7 Å². The van der Waals surface area contributed by atoms with Crippen LogP contribution in [0.25, 0.3) is 6.08 Å². The van der Waals surface area contributed by atoms with Crippen molar-refractivity contribution in [3.63, 3.8) is 0 Å². The summed E-state index contributed by atoms with van der Waals surface area (Å²) in [5, 5.41) is 12.6. The van der Waals surface area contributed by atoms with E-state index in [9.17, 15) is 14.7 Å². The Morgan fingerprint density at radius 2 is 1.96 bits per heavy atom. The Bertz CT molecular complexity index is 926. The molecule has 1 fully saturated rings. The third-order valence-electron chi connectivity index (χ3n) is 3.77. The van der Waals surface area contributed by atoms with Crippen molar-refractivity contribution >= 4 is 51.9 Å². The molecule has 2 amide bonds. The highest BCUT2D eigenvalue weighted by atomic mass is 32.2. The molecular formula is C19H16N2O4S2. The van der Waals surface area contributed by atoms with Crippen LogP contribution in [0.1, 0.15) is 5.56 Å². The molecule has 1 aliphatic heterocycles. The lowest BCUT2D eigenvalue weighted by molar-refractivity contribution is -0.126. The van der Waals surface area contributed by atoms with Gasteiger partial charge < -0.3 is 15.2 Å². The number of nitrogens with one attached hydrogen (secondary N) is 1. The molecule has 6 nitrogen and oxygen atoms in total. The average molecular weight is 400 g/mol. The van der Waals surface area contributed by atoms with E-state index in [-0.39, 0.29) is 24.1 Å². The summed E-state index contributed by atoms with van der Waals surface area (Å²) in [7, 11) is 1.56. The van der Waals surface area contributed by atoms with Gasteiger partial charge in [-0.25, -0.2) is 0 Å². The van der Waals surface area contributed by atoms with Crippen LogP contribution in [0.5, 0.6) is 11.5 Å². The molecule has 0 aromatic heterocycles. The fraction of sp³-hybridized carbons (Fsp3) is 0.105. The smallest absolute Gasteiger partial charge is 0.266 e. The van der Waals surface area contributed by atoms with Crippen LogP contribution in [0.2, 0.25) is 0 Å². The van der Waals surface area contributed by atoms with Crippen molar-refractivity contribution in [2.45, 2.75) is 0 Å². The van der Waals surface area contributed by atoms with E-state index in [1.165, 1.54) is 11.0 Å². The molecule has 0 bridgehead atoms. The van der Waals surface area contributed by atoms with Gasteiger partial charge in [-0.3, -0.25) is 14.5 Å². The van der Waals surface area contributed by atoms with Gasteiger partial charge in [0.2, 0.25) is 5.91 Å². The monoisotopic (exact) mass is 400 g/mol. The summed E-state index contributed by atoms with van der Waals surface area (Å²) in [5.41, 5.74) is 1.11. The SMILES string of the molecule is COc1ccc(NC(=O)CN2C(=O)/C(=C/c3ccccc3O)SC2=S)cc1. The summed E-state index contributed by atoms with van der Waals surface area (Å²) in [6.07, 6.45) is 1.57. The van der Waals surface area contributed by atoms with Gasteiger partial charge in [-0.15, -0.1) is 0 Å². The second-order valence-electron chi connectivity index (χ2n) is 5.60. The van der Waals surface area contributed by atoms with Crippen LogP contribution in [0.15, 0.2) is 53.4 Å². The summed E-state index contributed by atoms with van der Waals surface area (Å²) in [4.78, 5) is 26.4. The van der Waals surface area contributed by atoms with Gasteiger partial charge in [0.25, 0.3) is 5.91 Å². The van der Waals surface area contributed by atoms with Gasteiger partial charge in [0.15, 0.2) is 0 Å². The summed E-state index contributed by atoms with van der Waals surface area (Å²) < 4.78 is 5.37. The van der Waals surface area contributed by atoms with Crippen LogP contribution in [-0.2, 0) is 9.59 Å². The molecule has 0 unspecified atom stereocenters. The number of nitrogens with zero attached hydrogens (tertiary/aromatic N) is 1. The zero-order valence-electron chi connectivity index (χ0n) is 14.3. The number of thioether (sulfide) groups is 1. The van der Waals surface area contributed by atoms with E-state index >= 15 is 0 Å². The zero-order chi connectivity index (χ0) is 19.4. The largest absolute Gasteiger partial charge is 0.507 e. The van der Waals surface area contributed by atoms with Gasteiger partial charge >= 0.3 is 0 Å². The van der Waals surface area contributed by atoms with Crippen molar-refractivity contribution < 1.29 is 19.4 Å². The van der Waals surface area contributed by atoms with E-state index in [1.807, 2.05) is 0 Å². The molecule has 1 aliphatic rings. The number of benzene rings is 2. The lowest BCUT2D eigenvalue weighted by Crippen LogP contribution is -2.36. The van der Waals surface area contributed by atoms with Crippen molar-refractivity contribution in [3.8, 4) is 11.5 Å². The standard InChI is InChI=1S/C19H16N2O4S2/c1-25-14-8-6-13(7-9-14)20-17(23)11-21-18(24)16(27-19(21)26)10-12-4-2-3-5-15(12)22/h2-10,22H,11H2,1H3,(H,20,23)/b16-10-. The quantitative estimate of drug-likeness (QED) is 0.593. The normalized spacial score (nSPS) is 15.3. The maximum Gasteiger partial charge on any atom is 0.266 e. The highest BCUT2D eigenvalue weighted by Crippen LogP contribution is 2.33. The minimum Gasteiger partial charge on any atom is -0.507 e. The lowest BCUT2D eigenvalue weighted by Gasteiger charge is -2.14. The highest BCUT2D eigenvalue weighted by molar-refractivity contribution is 8.26. The summed E-state index contributed by atoms with van der Waals surface area (Å²) >= 11 is 6.33. The Morgan fingerprint density at radius 3 is 2.63 bits per heavy atom. The van der Waals surface area contributed by atoms with Gasteiger partial charge in [0, 0.05) is 11.3 Å². The molecule has 1 saturated heterocycles. The summed E-state index contributed by atoms with van der Waals surface area (Å²) in [6.45, 7) is -0.186. The summed E-state index contributed by atoms with van der Waals surface area (Å²) in [5.74, 6) is 0.0256. The topological polar surface area (TPSA) is 78.9 Å². The van der Waals surface area contributed by atoms with Crippen molar-refractivity contribution in [2.75, 3.05) is 19.0 Å². The minimum atomic E-state index is -0.363. The van der Waals surface area contributed by atoms with Crippen molar-refractivity contribution in [1.82, 2.24) is 4.90 Å². The first-order valence-electron chi connectivity index (χ1n) is 7.95. The number of thiocarbonyl (C=S) groups is 1. The average Bonchev–Trinajstić information content (AvgIpc) is 2.91. The second kappa shape index (κ2) is 8.24.